The van der Waals surface area contributed by atoms with Gasteiger partial charge in [-0.3, -0.25) is 0 Å². The van der Waals surface area contributed by atoms with E-state index >= 15 is 0 Å². The number of rotatable bonds is 3. The lowest BCUT2D eigenvalue weighted by Gasteiger charge is -2.31. The van der Waals surface area contributed by atoms with Gasteiger partial charge in [0.1, 0.15) is 11.2 Å². The number of benzene rings is 1. The van der Waals surface area contributed by atoms with E-state index in [1.807, 2.05) is 24.4 Å². The van der Waals surface area contributed by atoms with Crippen molar-refractivity contribution in [2.45, 2.75) is 25.3 Å². The van der Waals surface area contributed by atoms with Gasteiger partial charge in [0.05, 0.1) is 0 Å². The van der Waals surface area contributed by atoms with Gasteiger partial charge in [0.15, 0.2) is 12.8 Å². The summed E-state index contributed by atoms with van der Waals surface area (Å²) < 4.78 is 2.09. The summed E-state index contributed by atoms with van der Waals surface area (Å²) in [7, 11) is 0. The Kier molecular flexibility index (Phi) is 3.97. The lowest BCUT2D eigenvalue weighted by atomic mass is 9.88. The third-order valence-electron chi connectivity index (χ3n) is 4.39. The van der Waals surface area contributed by atoms with Gasteiger partial charge in [0, 0.05) is 30.5 Å². The Hall–Kier alpha value is -2.89. The monoisotopic (exact) mass is 327 g/mol. The Labute approximate surface area is 139 Å². The molecule has 0 bridgehead atoms. The first-order valence-electron chi connectivity index (χ1n) is 7.74. The second kappa shape index (κ2) is 5.96. The quantitative estimate of drug-likeness (QED) is 0.735. The van der Waals surface area contributed by atoms with Gasteiger partial charge >= 0.3 is 11.9 Å². The summed E-state index contributed by atoms with van der Waals surface area (Å²) in [4.78, 5) is 22.7. The third-order valence-corrected chi connectivity index (χ3v) is 4.39. The predicted octanol–water partition coefficient (Wildman–Crippen LogP) is 1.69. The highest BCUT2D eigenvalue weighted by Gasteiger charge is 2.38. The van der Waals surface area contributed by atoms with E-state index in [0.29, 0.717) is 5.57 Å². The molecular formula is C18H19N2O4+. The van der Waals surface area contributed by atoms with E-state index in [2.05, 4.69) is 16.0 Å². The summed E-state index contributed by atoms with van der Waals surface area (Å²) in [5.41, 5.74) is 1.64. The van der Waals surface area contributed by atoms with Crippen molar-refractivity contribution in [2.75, 3.05) is 6.54 Å². The molecule has 3 N–H and O–H groups in total. The van der Waals surface area contributed by atoms with Crippen LogP contribution in [0.5, 0.6) is 0 Å². The van der Waals surface area contributed by atoms with Crippen LogP contribution in [0.2, 0.25) is 0 Å². The molecule has 1 atom stereocenters. The van der Waals surface area contributed by atoms with E-state index in [0.717, 1.165) is 18.7 Å². The minimum Gasteiger partial charge on any atom is -0.480 e. The van der Waals surface area contributed by atoms with Crippen LogP contribution in [0.1, 0.15) is 18.9 Å². The molecule has 3 rings (SSSR count). The minimum absolute atomic E-state index is 0.104. The first kappa shape index (κ1) is 16.0. The van der Waals surface area contributed by atoms with Crippen molar-refractivity contribution in [1.82, 2.24) is 5.32 Å². The Morgan fingerprint density at radius 1 is 1.29 bits per heavy atom. The number of hydrogen-bond donors (Lipinski definition) is 3. The van der Waals surface area contributed by atoms with Crippen LogP contribution in [-0.4, -0.2) is 45.0 Å². The Balaban J connectivity index is 1.94. The van der Waals surface area contributed by atoms with Crippen molar-refractivity contribution in [3.8, 4) is 0 Å². The van der Waals surface area contributed by atoms with Crippen LogP contribution in [-0.2, 0) is 16.0 Å². The standard InChI is InChI=1S/C18H18N2O4/c1-18(17(23)24)11-12(10-14(19-18)16(21)22)6-8-20-9-7-13-4-2-3-5-15(13)20/h2-6,8,10H,7,9,11H2,1H3,(H2,21,22,23,24)/p+1/t18-/m0/s1. The van der Waals surface area contributed by atoms with Crippen molar-refractivity contribution in [3.05, 3.63) is 53.3 Å². The zero-order chi connectivity index (χ0) is 17.3. The zero-order valence-electron chi connectivity index (χ0n) is 13.3. The van der Waals surface area contributed by atoms with Gasteiger partial charge in [-0.2, -0.15) is 4.58 Å². The normalized spacial score (nSPS) is 26.0. The number of allylic oxidation sites excluding steroid dienone is 2. The Bertz CT molecular complexity index is 807. The first-order valence-corrected chi connectivity index (χ1v) is 7.74. The lowest BCUT2D eigenvalue weighted by molar-refractivity contribution is -0.423. The van der Waals surface area contributed by atoms with Crippen molar-refractivity contribution in [2.24, 2.45) is 0 Å². The van der Waals surface area contributed by atoms with E-state index < -0.39 is 17.5 Å². The summed E-state index contributed by atoms with van der Waals surface area (Å²) >= 11 is 0. The van der Waals surface area contributed by atoms with Crippen LogP contribution in [0.15, 0.2) is 47.7 Å². The van der Waals surface area contributed by atoms with Crippen molar-refractivity contribution >= 4 is 23.8 Å². The van der Waals surface area contributed by atoms with Crippen LogP contribution in [0.4, 0.5) is 5.69 Å². The molecular weight excluding hydrogens is 308 g/mol. The number of fused-ring (bicyclic) bond motifs is 1. The SMILES string of the molecule is C[C@@]1(C(=O)O)CC(=CC=[N+]2CCc3ccccc32)C=C(C(=O)O)N1. The van der Waals surface area contributed by atoms with Crippen LogP contribution >= 0.6 is 0 Å². The number of aliphatic carboxylic acids is 2. The highest BCUT2D eigenvalue weighted by molar-refractivity contribution is 5.91. The molecule has 2 aliphatic rings. The molecule has 2 heterocycles. The summed E-state index contributed by atoms with van der Waals surface area (Å²) in [5, 5.41) is 21.2. The molecule has 2 aliphatic heterocycles. The molecule has 6 heteroatoms. The summed E-state index contributed by atoms with van der Waals surface area (Å²) in [6.07, 6.45) is 6.36. The Morgan fingerprint density at radius 2 is 2.04 bits per heavy atom. The lowest BCUT2D eigenvalue weighted by Crippen LogP contribution is -2.52. The van der Waals surface area contributed by atoms with Crippen LogP contribution in [0, 0.1) is 0 Å². The second-order valence-corrected chi connectivity index (χ2v) is 6.26. The maximum Gasteiger partial charge on any atom is 0.351 e. The summed E-state index contributed by atoms with van der Waals surface area (Å²) in [6, 6.07) is 8.12. The number of para-hydroxylation sites is 1. The fraction of sp³-hybridized carbons (Fsp3) is 0.278. The van der Waals surface area contributed by atoms with Crippen LogP contribution in [0.25, 0.3) is 0 Å². The average Bonchev–Trinajstić information content (AvgIpc) is 2.95. The molecule has 0 radical (unpaired) electrons. The van der Waals surface area contributed by atoms with Gasteiger partial charge in [0.25, 0.3) is 0 Å². The molecule has 0 saturated carbocycles. The molecule has 124 valence electrons. The number of carboxylic acid groups (broad SMARTS) is 2. The smallest absolute Gasteiger partial charge is 0.351 e. The average molecular weight is 327 g/mol. The minimum atomic E-state index is -1.33. The van der Waals surface area contributed by atoms with Gasteiger partial charge in [-0.05, 0) is 18.6 Å². The van der Waals surface area contributed by atoms with E-state index in [9.17, 15) is 19.8 Å². The van der Waals surface area contributed by atoms with Gasteiger partial charge in [-0.15, -0.1) is 0 Å². The third kappa shape index (κ3) is 2.95. The second-order valence-electron chi connectivity index (χ2n) is 6.26. The molecule has 0 amide bonds. The van der Waals surface area contributed by atoms with Gasteiger partial charge < -0.3 is 15.5 Å². The van der Waals surface area contributed by atoms with Gasteiger partial charge in [0.2, 0.25) is 5.69 Å². The molecule has 0 spiro atoms. The molecule has 0 unspecified atom stereocenters. The molecule has 6 nitrogen and oxygen atoms in total. The van der Waals surface area contributed by atoms with E-state index in [4.69, 9.17) is 0 Å². The zero-order valence-corrected chi connectivity index (χ0v) is 13.3. The molecule has 1 aromatic rings. The van der Waals surface area contributed by atoms with Crippen LogP contribution < -0.4 is 5.32 Å². The topological polar surface area (TPSA) is 89.6 Å². The predicted molar refractivity (Wildman–Crippen MR) is 88.6 cm³/mol. The number of carboxylic acids is 2. The molecule has 1 aromatic carbocycles. The number of hydrogen-bond acceptors (Lipinski definition) is 3. The molecule has 0 saturated heterocycles. The fourth-order valence-corrected chi connectivity index (χ4v) is 3.08. The number of nitrogens with zero attached hydrogens (tertiary/aromatic N) is 1. The van der Waals surface area contributed by atoms with Crippen LogP contribution in [0.3, 0.4) is 0 Å². The summed E-state index contributed by atoms with van der Waals surface area (Å²) in [6.45, 7) is 2.34. The largest absolute Gasteiger partial charge is 0.480 e. The molecule has 0 fully saturated rings. The van der Waals surface area contributed by atoms with Crippen molar-refractivity contribution in [1.29, 1.82) is 0 Å². The number of nitrogens with one attached hydrogen (secondary N) is 1. The molecule has 24 heavy (non-hydrogen) atoms. The van der Waals surface area contributed by atoms with Crippen molar-refractivity contribution < 1.29 is 24.4 Å². The van der Waals surface area contributed by atoms with E-state index in [-0.39, 0.29) is 12.1 Å². The highest BCUT2D eigenvalue weighted by Crippen LogP contribution is 2.27. The molecule has 0 aliphatic carbocycles. The van der Waals surface area contributed by atoms with E-state index in [1.165, 1.54) is 18.6 Å². The fourth-order valence-electron chi connectivity index (χ4n) is 3.08. The number of carbonyl (C=O) groups is 2. The van der Waals surface area contributed by atoms with Gasteiger partial charge in [-0.25, -0.2) is 9.59 Å². The first-order chi connectivity index (χ1) is 11.4. The highest BCUT2D eigenvalue weighted by atomic mass is 16.4. The van der Waals surface area contributed by atoms with Gasteiger partial charge in [-0.1, -0.05) is 18.2 Å². The maximum absolute atomic E-state index is 11.5. The van der Waals surface area contributed by atoms with Crippen molar-refractivity contribution in [3.63, 3.8) is 0 Å². The summed E-state index contributed by atoms with van der Waals surface area (Å²) in [5.74, 6) is -2.24. The maximum atomic E-state index is 11.5. The van der Waals surface area contributed by atoms with E-state index in [1.54, 1.807) is 6.08 Å². The Morgan fingerprint density at radius 3 is 2.75 bits per heavy atom. The molecule has 0 aromatic heterocycles.